The van der Waals surface area contributed by atoms with Gasteiger partial charge in [0.05, 0.1) is 21.6 Å². The minimum Gasteiger partial charge on any atom is -0.505 e. The van der Waals surface area contributed by atoms with Gasteiger partial charge in [-0.05, 0) is 55.5 Å². The van der Waals surface area contributed by atoms with Crippen molar-refractivity contribution >= 4 is 35.1 Å². The summed E-state index contributed by atoms with van der Waals surface area (Å²) in [5, 5.41) is 13.3. The van der Waals surface area contributed by atoms with Gasteiger partial charge in [0.15, 0.2) is 0 Å². The molecule has 1 fully saturated rings. The summed E-state index contributed by atoms with van der Waals surface area (Å²) < 4.78 is 38.5. The fraction of sp³-hybridized carbons (Fsp3) is 0.208. The van der Waals surface area contributed by atoms with E-state index in [1.54, 1.807) is 24.3 Å². The normalized spacial score (nSPS) is 19.8. The first-order valence-corrected chi connectivity index (χ1v) is 11.6. The lowest BCUT2D eigenvalue weighted by Crippen LogP contribution is -2.42. The maximum Gasteiger partial charge on any atom is 0.251 e. The third-order valence-electron chi connectivity index (χ3n) is 5.84. The Balaban J connectivity index is 1.66. The molecule has 4 bridgehead atoms. The topological polar surface area (TPSA) is 70.6 Å². The largest absolute Gasteiger partial charge is 0.505 e. The van der Waals surface area contributed by atoms with E-state index >= 15 is 0 Å². The SMILES string of the molecule is O=C1NC2CCCC2Oc2ccccc2-c2cc(c(F)cc2F)NSc2cc1cc(Cl)c2O. The molecule has 3 aromatic carbocycles. The van der Waals surface area contributed by atoms with Gasteiger partial charge in [-0.25, -0.2) is 8.78 Å². The van der Waals surface area contributed by atoms with Crippen LogP contribution in [0.5, 0.6) is 11.5 Å². The number of para-hydroxylation sites is 1. The average molecular weight is 489 g/mol. The molecule has 3 N–H and O–H groups in total. The molecule has 1 aliphatic heterocycles. The van der Waals surface area contributed by atoms with Gasteiger partial charge >= 0.3 is 0 Å². The summed E-state index contributed by atoms with van der Waals surface area (Å²) >= 11 is 7.02. The summed E-state index contributed by atoms with van der Waals surface area (Å²) in [6.07, 6.45) is 1.98. The maximum atomic E-state index is 14.8. The van der Waals surface area contributed by atoms with E-state index in [-0.39, 0.29) is 50.5 Å². The number of hydrogen-bond donors (Lipinski definition) is 3. The van der Waals surface area contributed by atoms with Gasteiger partial charge in [-0.3, -0.25) is 4.79 Å². The summed E-state index contributed by atoms with van der Waals surface area (Å²) in [5.74, 6) is -1.69. The smallest absolute Gasteiger partial charge is 0.251 e. The Labute approximate surface area is 198 Å². The zero-order valence-corrected chi connectivity index (χ0v) is 18.8. The van der Waals surface area contributed by atoms with E-state index in [0.717, 1.165) is 37.3 Å². The summed E-state index contributed by atoms with van der Waals surface area (Å²) in [7, 11) is 0. The number of carbonyl (C=O) groups is 1. The number of rotatable bonds is 0. The van der Waals surface area contributed by atoms with Gasteiger partial charge in [0.2, 0.25) is 0 Å². The van der Waals surface area contributed by atoms with Crippen LogP contribution in [0.2, 0.25) is 5.02 Å². The van der Waals surface area contributed by atoms with Crippen LogP contribution < -0.4 is 14.8 Å². The highest BCUT2D eigenvalue weighted by Crippen LogP contribution is 2.40. The van der Waals surface area contributed by atoms with E-state index < -0.39 is 11.6 Å². The van der Waals surface area contributed by atoms with E-state index in [4.69, 9.17) is 16.3 Å². The van der Waals surface area contributed by atoms with Gasteiger partial charge in [-0.15, -0.1) is 0 Å². The van der Waals surface area contributed by atoms with Gasteiger partial charge in [0, 0.05) is 22.8 Å². The predicted octanol–water partition coefficient (Wildman–Crippen LogP) is 6.15. The second-order valence-electron chi connectivity index (χ2n) is 7.98. The summed E-state index contributed by atoms with van der Waals surface area (Å²) in [6, 6.07) is 11.7. The average Bonchev–Trinajstić information content (AvgIpc) is 3.22. The summed E-state index contributed by atoms with van der Waals surface area (Å²) in [5.41, 5.74) is 0.898. The van der Waals surface area contributed by atoms with Crippen molar-refractivity contribution in [1.82, 2.24) is 5.32 Å². The second-order valence-corrected chi connectivity index (χ2v) is 9.24. The van der Waals surface area contributed by atoms with Gasteiger partial charge in [0.1, 0.15) is 29.2 Å². The maximum absolute atomic E-state index is 14.8. The van der Waals surface area contributed by atoms with Gasteiger partial charge in [0.25, 0.3) is 5.91 Å². The summed E-state index contributed by atoms with van der Waals surface area (Å²) in [4.78, 5) is 13.2. The number of ether oxygens (including phenoxy) is 1. The zero-order chi connectivity index (χ0) is 23.1. The van der Waals surface area contributed by atoms with Crippen LogP contribution in [-0.4, -0.2) is 23.2 Å². The molecular formula is C24H19ClF2N2O3S. The molecule has 0 saturated heterocycles. The van der Waals surface area contributed by atoms with Crippen molar-refractivity contribution in [3.8, 4) is 22.6 Å². The predicted molar refractivity (Wildman–Crippen MR) is 124 cm³/mol. The Hall–Kier alpha value is -2.97. The van der Waals surface area contributed by atoms with Gasteiger partial charge in [-0.1, -0.05) is 29.8 Å². The molecule has 9 heteroatoms. The highest BCUT2D eigenvalue weighted by Gasteiger charge is 2.32. The zero-order valence-electron chi connectivity index (χ0n) is 17.2. The molecule has 170 valence electrons. The fourth-order valence-corrected chi connectivity index (χ4v) is 5.21. The molecule has 0 spiro atoms. The van der Waals surface area contributed by atoms with Crippen LogP contribution in [0, 0.1) is 11.6 Å². The van der Waals surface area contributed by atoms with Gasteiger partial charge < -0.3 is 19.9 Å². The number of fused-ring (bicyclic) bond motifs is 7. The van der Waals surface area contributed by atoms with Crippen molar-refractivity contribution in [2.45, 2.75) is 36.3 Å². The number of nitrogens with one attached hydrogen (secondary N) is 2. The Morgan fingerprint density at radius 2 is 1.88 bits per heavy atom. The van der Waals surface area contributed by atoms with Crippen molar-refractivity contribution in [2.24, 2.45) is 0 Å². The lowest BCUT2D eigenvalue weighted by molar-refractivity contribution is 0.0894. The number of aromatic hydroxyl groups is 1. The van der Waals surface area contributed by atoms with Crippen LogP contribution in [-0.2, 0) is 0 Å². The van der Waals surface area contributed by atoms with Crippen molar-refractivity contribution in [3.63, 3.8) is 0 Å². The molecule has 1 saturated carbocycles. The minimum absolute atomic E-state index is 0.00481. The molecule has 33 heavy (non-hydrogen) atoms. The second kappa shape index (κ2) is 8.76. The van der Waals surface area contributed by atoms with Crippen molar-refractivity contribution in [1.29, 1.82) is 0 Å². The van der Waals surface area contributed by atoms with Crippen LogP contribution in [0.25, 0.3) is 11.1 Å². The van der Waals surface area contributed by atoms with Crippen molar-refractivity contribution in [2.75, 3.05) is 4.72 Å². The number of halogens is 3. The first-order chi connectivity index (χ1) is 15.9. The highest BCUT2D eigenvalue weighted by atomic mass is 35.5. The molecule has 3 aromatic rings. The van der Waals surface area contributed by atoms with Crippen LogP contribution in [0.4, 0.5) is 14.5 Å². The van der Waals surface area contributed by atoms with E-state index in [1.807, 2.05) is 0 Å². The molecule has 1 heterocycles. The molecule has 5 rings (SSSR count). The quantitative estimate of drug-likeness (QED) is 0.331. The monoisotopic (exact) mass is 488 g/mol. The van der Waals surface area contributed by atoms with Gasteiger partial charge in [-0.2, -0.15) is 0 Å². The Morgan fingerprint density at radius 1 is 1.06 bits per heavy atom. The fourth-order valence-electron chi connectivity index (χ4n) is 4.17. The minimum atomic E-state index is -0.804. The first kappa shape index (κ1) is 21.9. The van der Waals surface area contributed by atoms with Crippen LogP contribution in [0.1, 0.15) is 29.6 Å². The number of benzene rings is 3. The van der Waals surface area contributed by atoms with Crippen LogP contribution in [0.3, 0.4) is 0 Å². The third-order valence-corrected chi connectivity index (χ3v) is 6.98. The molecule has 2 unspecified atom stereocenters. The Kier molecular flexibility index (Phi) is 5.80. The van der Waals surface area contributed by atoms with E-state index in [9.17, 15) is 18.7 Å². The van der Waals surface area contributed by atoms with E-state index in [2.05, 4.69) is 10.0 Å². The van der Waals surface area contributed by atoms with Crippen molar-refractivity contribution < 1.29 is 23.4 Å². The molecule has 0 aromatic heterocycles. The van der Waals surface area contributed by atoms with Crippen LogP contribution >= 0.6 is 23.5 Å². The highest BCUT2D eigenvalue weighted by molar-refractivity contribution is 8.00. The summed E-state index contributed by atoms with van der Waals surface area (Å²) in [6.45, 7) is 0. The number of hydrogen-bond acceptors (Lipinski definition) is 5. The molecule has 5 nitrogen and oxygen atoms in total. The first-order valence-electron chi connectivity index (χ1n) is 10.4. The molecular weight excluding hydrogens is 470 g/mol. The lowest BCUT2D eigenvalue weighted by atomic mass is 10.0. The molecule has 2 aliphatic rings. The third kappa shape index (κ3) is 4.20. The molecule has 1 aliphatic carbocycles. The number of amides is 1. The number of anilines is 1. The molecule has 0 radical (unpaired) electrons. The molecule has 2 atom stereocenters. The standard InChI is InChI=1S/C24H19ClF2N2O3S/c25-15-8-12-9-22(23(15)30)33-29-19-10-14(16(26)11-17(19)27)13-4-1-2-6-20(13)32-21-7-3-5-18(21)28-24(12)31/h1-2,4,6,8-11,18,21,29-30H,3,5,7H2,(H,28,31). The Morgan fingerprint density at radius 3 is 2.73 bits per heavy atom. The lowest BCUT2D eigenvalue weighted by Gasteiger charge is -2.24. The van der Waals surface area contributed by atoms with E-state index in [0.29, 0.717) is 11.3 Å². The van der Waals surface area contributed by atoms with E-state index in [1.165, 1.54) is 18.2 Å². The number of carbonyl (C=O) groups excluding carboxylic acids is 1. The van der Waals surface area contributed by atoms with Crippen molar-refractivity contribution in [3.05, 3.63) is 70.8 Å². The number of phenolic OH excluding ortho intramolecular Hbond substituents is 1. The molecule has 1 amide bonds. The number of phenols is 1. The van der Waals surface area contributed by atoms with Crippen LogP contribution in [0.15, 0.2) is 53.4 Å². The Bertz CT molecular complexity index is 1260.